The third kappa shape index (κ3) is 3.81. The molecule has 3 unspecified atom stereocenters. The molecule has 3 atom stereocenters. The molecular weight excluding hydrogens is 346 g/mol. The zero-order valence-corrected chi connectivity index (χ0v) is 15.8. The van der Waals surface area contributed by atoms with E-state index in [-0.39, 0.29) is 18.1 Å². The van der Waals surface area contributed by atoms with Crippen LogP contribution < -0.4 is 16.2 Å². The molecule has 3 N–H and O–H groups in total. The highest BCUT2D eigenvalue weighted by molar-refractivity contribution is 7.12. The SMILES string of the molecule is Cc1ccsc1C(=O)NC1CCCN(C2CC(c3ccncc3)NN2)C1. The molecular formula is C19H25N5OS. The fourth-order valence-corrected chi connectivity index (χ4v) is 4.69. The minimum Gasteiger partial charge on any atom is -0.347 e. The summed E-state index contributed by atoms with van der Waals surface area (Å²) in [6.07, 6.45) is 7.12. The Bertz CT molecular complexity index is 749. The number of rotatable bonds is 4. The molecule has 0 aromatic carbocycles. The van der Waals surface area contributed by atoms with Gasteiger partial charge in [0.2, 0.25) is 0 Å². The highest BCUT2D eigenvalue weighted by Crippen LogP contribution is 2.25. The van der Waals surface area contributed by atoms with Crippen LogP contribution in [0.5, 0.6) is 0 Å². The average molecular weight is 372 g/mol. The van der Waals surface area contributed by atoms with E-state index in [1.54, 1.807) is 0 Å². The number of amides is 1. The Morgan fingerprint density at radius 1 is 1.31 bits per heavy atom. The van der Waals surface area contributed by atoms with Crippen LogP contribution in [0, 0.1) is 6.92 Å². The number of carbonyl (C=O) groups is 1. The maximum absolute atomic E-state index is 12.5. The van der Waals surface area contributed by atoms with E-state index in [1.807, 2.05) is 30.8 Å². The predicted octanol–water partition coefficient (Wildman–Crippen LogP) is 2.21. The Hall–Kier alpha value is -1.80. The Balaban J connectivity index is 1.34. The molecule has 2 aliphatic rings. The Kier molecular flexibility index (Phi) is 5.31. The van der Waals surface area contributed by atoms with Crippen LogP contribution in [0.1, 0.15) is 46.1 Å². The van der Waals surface area contributed by atoms with E-state index >= 15 is 0 Å². The van der Waals surface area contributed by atoms with E-state index in [4.69, 9.17) is 0 Å². The summed E-state index contributed by atoms with van der Waals surface area (Å²) in [5.41, 5.74) is 9.14. The maximum atomic E-state index is 12.5. The molecule has 0 spiro atoms. The van der Waals surface area contributed by atoms with E-state index < -0.39 is 0 Å². The molecule has 0 aliphatic carbocycles. The molecule has 0 saturated carbocycles. The van der Waals surface area contributed by atoms with Crippen LogP contribution in [-0.2, 0) is 0 Å². The molecule has 138 valence electrons. The normalized spacial score (nSPS) is 26.7. The molecule has 4 heterocycles. The second-order valence-corrected chi connectivity index (χ2v) is 8.03. The zero-order chi connectivity index (χ0) is 17.9. The van der Waals surface area contributed by atoms with E-state index in [9.17, 15) is 4.79 Å². The molecule has 0 radical (unpaired) electrons. The number of hydrogen-bond donors (Lipinski definition) is 3. The number of aryl methyl sites for hydroxylation is 1. The van der Waals surface area contributed by atoms with Gasteiger partial charge in [-0.3, -0.25) is 14.7 Å². The lowest BCUT2D eigenvalue weighted by atomic mass is 10.0. The van der Waals surface area contributed by atoms with Gasteiger partial charge in [-0.2, -0.15) is 0 Å². The third-order valence-electron chi connectivity index (χ3n) is 5.29. The highest BCUT2D eigenvalue weighted by Gasteiger charge is 2.33. The Morgan fingerprint density at radius 2 is 2.15 bits per heavy atom. The lowest BCUT2D eigenvalue weighted by Crippen LogP contribution is -2.54. The van der Waals surface area contributed by atoms with Crippen molar-refractivity contribution in [3.8, 4) is 0 Å². The maximum Gasteiger partial charge on any atom is 0.261 e. The summed E-state index contributed by atoms with van der Waals surface area (Å²) >= 11 is 1.52. The van der Waals surface area contributed by atoms with E-state index in [0.29, 0.717) is 6.04 Å². The van der Waals surface area contributed by atoms with Gasteiger partial charge in [-0.05, 0) is 67.4 Å². The average Bonchev–Trinajstić information content (AvgIpc) is 3.32. The molecule has 2 aromatic heterocycles. The van der Waals surface area contributed by atoms with Gasteiger partial charge in [-0.1, -0.05) is 0 Å². The molecule has 0 bridgehead atoms. The number of pyridine rings is 1. The van der Waals surface area contributed by atoms with Crippen molar-refractivity contribution in [1.29, 1.82) is 0 Å². The van der Waals surface area contributed by atoms with Crippen LogP contribution in [0.4, 0.5) is 0 Å². The van der Waals surface area contributed by atoms with Gasteiger partial charge in [0.05, 0.1) is 11.0 Å². The monoisotopic (exact) mass is 371 g/mol. The van der Waals surface area contributed by atoms with Crippen molar-refractivity contribution in [2.75, 3.05) is 13.1 Å². The van der Waals surface area contributed by atoms with Gasteiger partial charge in [-0.25, -0.2) is 10.9 Å². The quantitative estimate of drug-likeness (QED) is 0.769. The predicted molar refractivity (Wildman–Crippen MR) is 103 cm³/mol. The van der Waals surface area contributed by atoms with Crippen molar-refractivity contribution >= 4 is 17.2 Å². The van der Waals surface area contributed by atoms with Crippen LogP contribution in [0.25, 0.3) is 0 Å². The van der Waals surface area contributed by atoms with Gasteiger partial charge in [0, 0.05) is 31.0 Å². The lowest BCUT2D eigenvalue weighted by Gasteiger charge is -2.36. The standard InChI is InChI=1S/C19H25N5OS/c1-13-6-10-26-18(13)19(25)21-15-3-2-9-24(12-15)17-11-16(22-23-17)14-4-7-20-8-5-14/h4-8,10,15-17,22-23H,2-3,9,11-12H2,1H3,(H,21,25). The van der Waals surface area contributed by atoms with Gasteiger partial charge in [0.25, 0.3) is 5.91 Å². The summed E-state index contributed by atoms with van der Waals surface area (Å²) in [5, 5.41) is 5.21. The smallest absolute Gasteiger partial charge is 0.261 e. The number of hydrogen-bond acceptors (Lipinski definition) is 6. The number of carbonyl (C=O) groups excluding carboxylic acids is 1. The summed E-state index contributed by atoms with van der Waals surface area (Å²) in [6.45, 7) is 3.94. The van der Waals surface area contributed by atoms with Crippen LogP contribution in [0.3, 0.4) is 0 Å². The van der Waals surface area contributed by atoms with E-state index in [2.05, 4.69) is 38.2 Å². The van der Waals surface area contributed by atoms with Gasteiger partial charge in [0.1, 0.15) is 0 Å². The van der Waals surface area contributed by atoms with Crippen LogP contribution in [0.2, 0.25) is 0 Å². The Labute approximate surface area is 158 Å². The van der Waals surface area contributed by atoms with Crippen LogP contribution in [-0.4, -0.2) is 41.1 Å². The molecule has 2 aromatic rings. The second-order valence-electron chi connectivity index (χ2n) is 7.11. The topological polar surface area (TPSA) is 69.3 Å². The van der Waals surface area contributed by atoms with Gasteiger partial charge in [-0.15, -0.1) is 11.3 Å². The Morgan fingerprint density at radius 3 is 2.92 bits per heavy atom. The number of likely N-dealkylation sites (tertiary alicyclic amines) is 1. The van der Waals surface area contributed by atoms with Gasteiger partial charge < -0.3 is 5.32 Å². The summed E-state index contributed by atoms with van der Waals surface area (Å²) in [6, 6.07) is 6.63. The number of thiophene rings is 1. The van der Waals surface area contributed by atoms with Crippen molar-refractivity contribution < 1.29 is 4.79 Å². The minimum absolute atomic E-state index is 0.0662. The number of aromatic nitrogens is 1. The number of nitrogens with zero attached hydrogens (tertiary/aromatic N) is 2. The molecule has 6 nitrogen and oxygen atoms in total. The molecule has 2 aliphatic heterocycles. The molecule has 1 amide bonds. The van der Waals surface area contributed by atoms with Crippen molar-refractivity contribution in [2.24, 2.45) is 0 Å². The minimum atomic E-state index is 0.0662. The highest BCUT2D eigenvalue weighted by atomic mass is 32.1. The van der Waals surface area contributed by atoms with Crippen LogP contribution in [0.15, 0.2) is 36.0 Å². The van der Waals surface area contributed by atoms with Crippen molar-refractivity contribution in [2.45, 2.75) is 44.4 Å². The van der Waals surface area contributed by atoms with E-state index in [1.165, 1.54) is 16.9 Å². The summed E-state index contributed by atoms with van der Waals surface area (Å²) in [7, 11) is 0. The first kappa shape index (κ1) is 17.6. The van der Waals surface area contributed by atoms with Crippen molar-refractivity contribution in [3.63, 3.8) is 0 Å². The first-order chi connectivity index (χ1) is 12.7. The molecule has 7 heteroatoms. The lowest BCUT2D eigenvalue weighted by molar-refractivity contribution is 0.0859. The van der Waals surface area contributed by atoms with E-state index in [0.717, 1.165) is 42.8 Å². The molecule has 26 heavy (non-hydrogen) atoms. The fourth-order valence-electron chi connectivity index (χ4n) is 3.86. The summed E-state index contributed by atoms with van der Waals surface area (Å²) in [5.74, 6) is 0.0662. The zero-order valence-electron chi connectivity index (χ0n) is 14.9. The van der Waals surface area contributed by atoms with Crippen LogP contribution >= 0.6 is 11.3 Å². The van der Waals surface area contributed by atoms with Crippen molar-refractivity contribution in [1.82, 2.24) is 26.1 Å². The fraction of sp³-hybridized carbons (Fsp3) is 0.474. The second kappa shape index (κ2) is 7.84. The van der Waals surface area contributed by atoms with Gasteiger partial charge in [0.15, 0.2) is 0 Å². The third-order valence-corrected chi connectivity index (χ3v) is 6.30. The molecule has 2 fully saturated rings. The van der Waals surface area contributed by atoms with Gasteiger partial charge >= 0.3 is 0 Å². The first-order valence-electron chi connectivity index (χ1n) is 9.20. The number of hydrazine groups is 1. The first-order valence-corrected chi connectivity index (χ1v) is 10.1. The molecule has 2 saturated heterocycles. The summed E-state index contributed by atoms with van der Waals surface area (Å²) < 4.78 is 0. The number of nitrogens with one attached hydrogen (secondary N) is 3. The van der Waals surface area contributed by atoms with Crippen molar-refractivity contribution in [3.05, 3.63) is 52.0 Å². The number of piperidine rings is 1. The summed E-state index contributed by atoms with van der Waals surface area (Å²) in [4.78, 5) is 19.9. The molecule has 4 rings (SSSR count). The largest absolute Gasteiger partial charge is 0.347 e.